The number of nitrogens with two attached hydrogens (primary N) is 1. The van der Waals surface area contributed by atoms with E-state index in [1.165, 1.54) is 0 Å². The smallest absolute Gasteiger partial charge is 0.311 e. The van der Waals surface area contributed by atoms with E-state index >= 15 is 0 Å². The summed E-state index contributed by atoms with van der Waals surface area (Å²) in [7, 11) is 0. The van der Waals surface area contributed by atoms with E-state index in [0.29, 0.717) is 12.1 Å². The number of aliphatic carboxylic acids is 1. The molecule has 1 atom stereocenters. The van der Waals surface area contributed by atoms with Crippen LogP contribution >= 0.6 is 0 Å². The highest BCUT2D eigenvalue weighted by molar-refractivity contribution is 5.76. The van der Waals surface area contributed by atoms with Gasteiger partial charge in [-0.2, -0.15) is 0 Å². The van der Waals surface area contributed by atoms with Crippen molar-refractivity contribution < 1.29 is 9.90 Å². The predicted molar refractivity (Wildman–Crippen MR) is 76.1 cm³/mol. The second-order valence-electron chi connectivity index (χ2n) is 4.75. The Labute approximate surface area is 112 Å². The topological polar surface area (TPSA) is 63.3 Å². The van der Waals surface area contributed by atoms with Crippen molar-refractivity contribution in [3.8, 4) is 0 Å². The van der Waals surface area contributed by atoms with Gasteiger partial charge >= 0.3 is 5.97 Å². The van der Waals surface area contributed by atoms with Crippen molar-refractivity contribution in [1.29, 1.82) is 0 Å². The number of hydrogen-bond donors (Lipinski definition) is 2. The minimum absolute atomic E-state index is 0.448. The van der Waals surface area contributed by atoms with Crippen LogP contribution in [0.25, 0.3) is 0 Å². The minimum atomic E-state index is -0.814. The summed E-state index contributed by atoms with van der Waals surface area (Å²) < 4.78 is 0. The highest BCUT2D eigenvalue weighted by Crippen LogP contribution is 2.22. The molecule has 2 aromatic rings. The van der Waals surface area contributed by atoms with Gasteiger partial charge in [0.25, 0.3) is 0 Å². The number of carboxylic acid groups (broad SMARTS) is 1. The first-order chi connectivity index (χ1) is 9.06. The van der Waals surface area contributed by atoms with Gasteiger partial charge in [-0.25, -0.2) is 0 Å². The summed E-state index contributed by atoms with van der Waals surface area (Å²) in [5.41, 5.74) is 9.26. The molecule has 3 heteroatoms. The van der Waals surface area contributed by atoms with Crippen molar-refractivity contribution in [2.75, 3.05) is 5.73 Å². The van der Waals surface area contributed by atoms with E-state index in [2.05, 4.69) is 0 Å². The second-order valence-corrected chi connectivity index (χ2v) is 4.75. The van der Waals surface area contributed by atoms with E-state index < -0.39 is 11.9 Å². The molecule has 0 heterocycles. The van der Waals surface area contributed by atoms with Gasteiger partial charge in [0.15, 0.2) is 0 Å². The van der Waals surface area contributed by atoms with Crippen LogP contribution in [0.3, 0.4) is 0 Å². The SMILES string of the molecule is Cc1ccc(C(Cc2cccc(N)c2)C(=O)O)cc1. The summed E-state index contributed by atoms with van der Waals surface area (Å²) in [6.07, 6.45) is 0.448. The molecule has 0 radical (unpaired) electrons. The first-order valence-corrected chi connectivity index (χ1v) is 6.20. The molecule has 1 unspecified atom stereocenters. The van der Waals surface area contributed by atoms with Gasteiger partial charge in [-0.1, -0.05) is 42.0 Å². The zero-order valence-electron chi connectivity index (χ0n) is 10.8. The molecule has 0 bridgehead atoms. The number of carbonyl (C=O) groups is 1. The van der Waals surface area contributed by atoms with Gasteiger partial charge in [0.2, 0.25) is 0 Å². The van der Waals surface area contributed by atoms with Crippen molar-refractivity contribution >= 4 is 11.7 Å². The Balaban J connectivity index is 2.26. The normalized spacial score (nSPS) is 12.1. The third-order valence-electron chi connectivity index (χ3n) is 3.17. The van der Waals surface area contributed by atoms with Crippen LogP contribution in [0.4, 0.5) is 5.69 Å². The Morgan fingerprint density at radius 3 is 2.47 bits per heavy atom. The van der Waals surface area contributed by atoms with Crippen molar-refractivity contribution in [2.24, 2.45) is 0 Å². The summed E-state index contributed by atoms with van der Waals surface area (Å²) in [5, 5.41) is 9.40. The van der Waals surface area contributed by atoms with Gasteiger partial charge < -0.3 is 10.8 Å². The zero-order chi connectivity index (χ0) is 13.8. The highest BCUT2D eigenvalue weighted by Gasteiger charge is 2.20. The van der Waals surface area contributed by atoms with Crippen molar-refractivity contribution in [1.82, 2.24) is 0 Å². The lowest BCUT2D eigenvalue weighted by Gasteiger charge is -2.13. The molecule has 0 saturated carbocycles. The molecule has 19 heavy (non-hydrogen) atoms. The van der Waals surface area contributed by atoms with Gasteiger partial charge in [0, 0.05) is 5.69 Å². The van der Waals surface area contributed by atoms with E-state index in [9.17, 15) is 9.90 Å². The Kier molecular flexibility index (Phi) is 3.85. The van der Waals surface area contributed by atoms with E-state index in [4.69, 9.17) is 5.73 Å². The summed E-state index contributed by atoms with van der Waals surface area (Å²) in [5.74, 6) is -1.35. The van der Waals surface area contributed by atoms with Crippen LogP contribution in [-0.2, 0) is 11.2 Å². The van der Waals surface area contributed by atoms with Crippen LogP contribution in [0.15, 0.2) is 48.5 Å². The average molecular weight is 255 g/mol. The fraction of sp³-hybridized carbons (Fsp3) is 0.188. The molecule has 0 aliphatic heterocycles. The third-order valence-corrected chi connectivity index (χ3v) is 3.17. The Bertz CT molecular complexity index is 576. The van der Waals surface area contributed by atoms with Crippen LogP contribution < -0.4 is 5.73 Å². The maximum Gasteiger partial charge on any atom is 0.311 e. The molecule has 0 saturated heterocycles. The lowest BCUT2D eigenvalue weighted by molar-refractivity contribution is -0.138. The lowest BCUT2D eigenvalue weighted by Crippen LogP contribution is -2.14. The van der Waals surface area contributed by atoms with Gasteiger partial charge in [0.1, 0.15) is 0 Å². The molecule has 0 aliphatic carbocycles. The zero-order valence-corrected chi connectivity index (χ0v) is 10.8. The maximum absolute atomic E-state index is 11.4. The first kappa shape index (κ1) is 13.1. The minimum Gasteiger partial charge on any atom is -0.481 e. The number of carboxylic acids is 1. The Hall–Kier alpha value is -2.29. The van der Waals surface area contributed by atoms with Crippen molar-refractivity contribution in [3.63, 3.8) is 0 Å². The molecule has 3 N–H and O–H groups in total. The summed E-state index contributed by atoms with van der Waals surface area (Å²) in [4.78, 5) is 11.4. The van der Waals surface area contributed by atoms with Crippen LogP contribution in [0.2, 0.25) is 0 Å². The molecular weight excluding hydrogens is 238 g/mol. The van der Waals surface area contributed by atoms with Gasteiger partial charge in [-0.05, 0) is 36.6 Å². The molecule has 0 aromatic heterocycles. The van der Waals surface area contributed by atoms with Gasteiger partial charge in [-0.15, -0.1) is 0 Å². The number of rotatable bonds is 4. The number of anilines is 1. The second kappa shape index (κ2) is 5.57. The summed E-state index contributed by atoms with van der Waals surface area (Å²) in [6, 6.07) is 15.0. The van der Waals surface area contributed by atoms with Crippen LogP contribution in [0, 0.1) is 6.92 Å². The fourth-order valence-corrected chi connectivity index (χ4v) is 2.10. The van der Waals surface area contributed by atoms with Crippen LogP contribution in [-0.4, -0.2) is 11.1 Å². The predicted octanol–water partition coefficient (Wildman–Crippen LogP) is 2.99. The molecule has 2 rings (SSSR count). The molecule has 0 spiro atoms. The Morgan fingerprint density at radius 1 is 1.21 bits per heavy atom. The van der Waals surface area contributed by atoms with E-state index in [-0.39, 0.29) is 0 Å². The molecule has 2 aromatic carbocycles. The van der Waals surface area contributed by atoms with Gasteiger partial charge in [-0.3, -0.25) is 4.79 Å². The number of nitrogen functional groups attached to an aromatic ring is 1. The van der Waals surface area contributed by atoms with Crippen LogP contribution in [0.5, 0.6) is 0 Å². The fourth-order valence-electron chi connectivity index (χ4n) is 2.10. The van der Waals surface area contributed by atoms with E-state index in [1.807, 2.05) is 49.4 Å². The highest BCUT2D eigenvalue weighted by atomic mass is 16.4. The lowest BCUT2D eigenvalue weighted by atomic mass is 9.91. The quantitative estimate of drug-likeness (QED) is 0.825. The molecule has 0 aliphatic rings. The number of benzene rings is 2. The molecule has 3 nitrogen and oxygen atoms in total. The third kappa shape index (κ3) is 3.35. The van der Waals surface area contributed by atoms with E-state index in [0.717, 1.165) is 16.7 Å². The standard InChI is InChI=1S/C16H17NO2/c1-11-5-7-13(8-6-11)15(16(18)19)10-12-3-2-4-14(17)9-12/h2-9,15H,10,17H2,1H3,(H,18,19). The Morgan fingerprint density at radius 2 is 1.89 bits per heavy atom. The molecule has 98 valence electrons. The molecular formula is C16H17NO2. The number of hydrogen-bond acceptors (Lipinski definition) is 2. The van der Waals surface area contributed by atoms with E-state index in [1.54, 1.807) is 6.07 Å². The molecule has 0 amide bonds. The maximum atomic E-state index is 11.4. The number of aryl methyl sites for hydroxylation is 1. The monoisotopic (exact) mass is 255 g/mol. The average Bonchev–Trinajstić information content (AvgIpc) is 2.37. The largest absolute Gasteiger partial charge is 0.481 e. The van der Waals surface area contributed by atoms with Gasteiger partial charge in [0.05, 0.1) is 5.92 Å². The van der Waals surface area contributed by atoms with Crippen LogP contribution in [0.1, 0.15) is 22.6 Å². The first-order valence-electron chi connectivity index (χ1n) is 6.20. The molecule has 0 fully saturated rings. The summed E-state index contributed by atoms with van der Waals surface area (Å²) >= 11 is 0. The summed E-state index contributed by atoms with van der Waals surface area (Å²) in [6.45, 7) is 1.98. The van der Waals surface area contributed by atoms with Crippen molar-refractivity contribution in [2.45, 2.75) is 19.3 Å². The van der Waals surface area contributed by atoms with Crippen molar-refractivity contribution in [3.05, 3.63) is 65.2 Å².